The quantitative estimate of drug-likeness (QED) is 0.353. The Balaban J connectivity index is 1.38. The van der Waals surface area contributed by atoms with E-state index in [0.29, 0.717) is 32.8 Å². The molecule has 1 saturated heterocycles. The minimum Gasteiger partial charge on any atom is -0.508 e. The van der Waals surface area contributed by atoms with E-state index in [2.05, 4.69) is 29.0 Å². The lowest BCUT2D eigenvalue weighted by Crippen LogP contribution is -2.47. The standard InChI is InChI=1S/C29H29N3O4/c1-20-26-18-25(34)11-12-27(26)32(29(20)23-7-9-24(33)10-8-23)19-22-4-2-21(3-5-22)6-13-28(35)30-31-14-16-36-17-15-31/h2-13,18,33-34H,14-17,19H2,1H3,(H,30,35). The molecule has 0 bridgehead atoms. The molecule has 3 N–H and O–H groups in total. The van der Waals surface area contributed by atoms with Gasteiger partial charge >= 0.3 is 0 Å². The second kappa shape index (κ2) is 10.3. The van der Waals surface area contributed by atoms with E-state index < -0.39 is 0 Å². The number of carbonyl (C=O) groups is 1. The third-order valence-corrected chi connectivity index (χ3v) is 6.47. The highest BCUT2D eigenvalue weighted by Gasteiger charge is 2.17. The Morgan fingerprint density at radius 2 is 1.67 bits per heavy atom. The highest BCUT2D eigenvalue weighted by atomic mass is 16.5. The fourth-order valence-corrected chi connectivity index (χ4v) is 4.62. The van der Waals surface area contributed by atoms with Gasteiger partial charge in [-0.05, 0) is 77.7 Å². The number of aryl methyl sites for hydroxylation is 1. The number of amides is 1. The van der Waals surface area contributed by atoms with Gasteiger partial charge in [0.25, 0.3) is 5.91 Å². The van der Waals surface area contributed by atoms with Gasteiger partial charge in [-0.2, -0.15) is 0 Å². The third-order valence-electron chi connectivity index (χ3n) is 6.47. The number of hydrazine groups is 1. The molecule has 5 rings (SSSR count). The number of morpholine rings is 1. The Kier molecular flexibility index (Phi) is 6.75. The number of nitrogens with zero attached hydrogens (tertiary/aromatic N) is 2. The summed E-state index contributed by atoms with van der Waals surface area (Å²) >= 11 is 0. The van der Waals surface area contributed by atoms with Crippen molar-refractivity contribution in [3.05, 3.63) is 89.5 Å². The lowest BCUT2D eigenvalue weighted by atomic mass is 10.1. The van der Waals surface area contributed by atoms with E-state index in [9.17, 15) is 15.0 Å². The van der Waals surface area contributed by atoms with Gasteiger partial charge in [-0.15, -0.1) is 0 Å². The lowest BCUT2D eigenvalue weighted by molar-refractivity contribution is -0.123. The summed E-state index contributed by atoms with van der Waals surface area (Å²) in [4.78, 5) is 12.2. The summed E-state index contributed by atoms with van der Waals surface area (Å²) in [5.74, 6) is 0.296. The first-order valence-electron chi connectivity index (χ1n) is 12.0. The van der Waals surface area contributed by atoms with Crippen LogP contribution in [0.5, 0.6) is 11.5 Å². The average molecular weight is 484 g/mol. The van der Waals surface area contributed by atoms with E-state index in [1.807, 2.05) is 35.3 Å². The van der Waals surface area contributed by atoms with Gasteiger partial charge in [-0.25, -0.2) is 5.01 Å². The van der Waals surface area contributed by atoms with Crippen LogP contribution in [0.3, 0.4) is 0 Å². The molecule has 1 amide bonds. The van der Waals surface area contributed by atoms with E-state index in [1.54, 1.807) is 36.4 Å². The normalized spacial score (nSPS) is 14.5. The van der Waals surface area contributed by atoms with Crippen LogP contribution in [0, 0.1) is 6.92 Å². The molecule has 3 aromatic carbocycles. The maximum atomic E-state index is 12.2. The van der Waals surface area contributed by atoms with Crippen LogP contribution < -0.4 is 5.43 Å². The molecule has 0 saturated carbocycles. The lowest BCUT2D eigenvalue weighted by Gasteiger charge is -2.26. The second-order valence-electron chi connectivity index (χ2n) is 8.96. The molecule has 0 atom stereocenters. The Morgan fingerprint density at radius 1 is 0.972 bits per heavy atom. The zero-order valence-electron chi connectivity index (χ0n) is 20.1. The van der Waals surface area contributed by atoms with Crippen molar-refractivity contribution >= 4 is 22.9 Å². The number of carbonyl (C=O) groups excluding carboxylic acids is 1. The maximum absolute atomic E-state index is 12.2. The summed E-state index contributed by atoms with van der Waals surface area (Å²) in [7, 11) is 0. The van der Waals surface area contributed by atoms with Gasteiger partial charge in [0.05, 0.1) is 18.9 Å². The number of nitrogens with one attached hydrogen (secondary N) is 1. The third kappa shape index (κ3) is 5.12. The van der Waals surface area contributed by atoms with Crippen molar-refractivity contribution in [3.8, 4) is 22.8 Å². The number of phenols is 2. The van der Waals surface area contributed by atoms with Crippen LogP contribution in [-0.4, -0.2) is 52.0 Å². The summed E-state index contributed by atoms with van der Waals surface area (Å²) in [5.41, 5.74) is 9.04. The average Bonchev–Trinajstić information content (AvgIpc) is 3.15. The van der Waals surface area contributed by atoms with Gasteiger partial charge in [0, 0.05) is 36.6 Å². The Bertz CT molecular complexity index is 1400. The summed E-state index contributed by atoms with van der Waals surface area (Å²) in [5, 5.41) is 22.7. The molecule has 36 heavy (non-hydrogen) atoms. The van der Waals surface area contributed by atoms with Crippen molar-refractivity contribution in [3.63, 3.8) is 0 Å². The van der Waals surface area contributed by atoms with Gasteiger partial charge in [-0.1, -0.05) is 24.3 Å². The van der Waals surface area contributed by atoms with E-state index in [1.165, 1.54) is 0 Å². The van der Waals surface area contributed by atoms with Crippen molar-refractivity contribution in [2.24, 2.45) is 0 Å². The topological polar surface area (TPSA) is 87.0 Å². The van der Waals surface area contributed by atoms with Crippen LogP contribution in [0.1, 0.15) is 16.7 Å². The molecule has 1 aliphatic rings. The number of benzene rings is 3. The maximum Gasteiger partial charge on any atom is 0.258 e. The van der Waals surface area contributed by atoms with Crippen LogP contribution in [0.4, 0.5) is 0 Å². The monoisotopic (exact) mass is 483 g/mol. The van der Waals surface area contributed by atoms with Gasteiger partial charge in [0.1, 0.15) is 11.5 Å². The summed E-state index contributed by atoms with van der Waals surface area (Å²) in [6.07, 6.45) is 3.35. The highest BCUT2D eigenvalue weighted by Crippen LogP contribution is 2.36. The van der Waals surface area contributed by atoms with Crippen molar-refractivity contribution < 1.29 is 19.7 Å². The number of rotatable bonds is 6. The predicted octanol–water partition coefficient (Wildman–Crippen LogP) is 4.45. The minimum absolute atomic E-state index is 0.156. The number of aromatic nitrogens is 1. The van der Waals surface area contributed by atoms with E-state index in [0.717, 1.165) is 38.9 Å². The number of aromatic hydroxyl groups is 2. The number of phenolic OH excluding ortho intramolecular Hbond substituents is 2. The molecule has 1 fully saturated rings. The van der Waals surface area contributed by atoms with Crippen LogP contribution in [0.15, 0.2) is 72.8 Å². The zero-order valence-corrected chi connectivity index (χ0v) is 20.1. The van der Waals surface area contributed by atoms with E-state index in [-0.39, 0.29) is 17.4 Å². The zero-order chi connectivity index (χ0) is 25.1. The smallest absolute Gasteiger partial charge is 0.258 e. The van der Waals surface area contributed by atoms with Gasteiger partial charge in [-0.3, -0.25) is 10.2 Å². The van der Waals surface area contributed by atoms with Crippen molar-refractivity contribution in [2.75, 3.05) is 26.3 Å². The summed E-state index contributed by atoms with van der Waals surface area (Å²) in [6, 6.07) is 20.7. The summed E-state index contributed by atoms with van der Waals surface area (Å²) < 4.78 is 7.53. The Morgan fingerprint density at radius 3 is 2.39 bits per heavy atom. The van der Waals surface area contributed by atoms with Gasteiger partial charge in [0.15, 0.2) is 0 Å². The second-order valence-corrected chi connectivity index (χ2v) is 8.96. The highest BCUT2D eigenvalue weighted by molar-refractivity contribution is 5.93. The molecule has 7 nitrogen and oxygen atoms in total. The fraction of sp³-hybridized carbons (Fsp3) is 0.207. The first-order valence-corrected chi connectivity index (χ1v) is 12.0. The molecule has 0 unspecified atom stereocenters. The van der Waals surface area contributed by atoms with E-state index >= 15 is 0 Å². The van der Waals surface area contributed by atoms with Crippen molar-refractivity contribution in [1.29, 1.82) is 0 Å². The molecule has 184 valence electrons. The molecule has 0 radical (unpaired) electrons. The molecule has 0 spiro atoms. The molecule has 2 heterocycles. The van der Waals surface area contributed by atoms with Gasteiger partial charge in [0.2, 0.25) is 0 Å². The molecule has 4 aromatic rings. The van der Waals surface area contributed by atoms with Crippen LogP contribution in [0.2, 0.25) is 0 Å². The molecular weight excluding hydrogens is 454 g/mol. The SMILES string of the molecule is Cc1c(-c2ccc(O)cc2)n(Cc2ccc(C=CC(=O)NN3CCOCC3)cc2)c2ccc(O)cc12. The van der Waals surface area contributed by atoms with Crippen LogP contribution in [-0.2, 0) is 16.1 Å². The molecule has 1 aromatic heterocycles. The number of hydrogen-bond acceptors (Lipinski definition) is 5. The first-order chi connectivity index (χ1) is 17.5. The Hall–Kier alpha value is -4.07. The minimum atomic E-state index is -0.156. The van der Waals surface area contributed by atoms with Crippen LogP contribution in [0.25, 0.3) is 28.2 Å². The molecule has 7 heteroatoms. The molecule has 1 aliphatic heterocycles. The van der Waals surface area contributed by atoms with Crippen molar-refractivity contribution in [2.45, 2.75) is 13.5 Å². The molecular formula is C29H29N3O4. The Labute approximate surface area is 209 Å². The summed E-state index contributed by atoms with van der Waals surface area (Å²) in [6.45, 7) is 5.30. The first kappa shape index (κ1) is 23.7. The van der Waals surface area contributed by atoms with E-state index in [4.69, 9.17) is 4.74 Å². The largest absolute Gasteiger partial charge is 0.508 e. The number of fused-ring (bicyclic) bond motifs is 1. The predicted molar refractivity (Wildman–Crippen MR) is 141 cm³/mol. The van der Waals surface area contributed by atoms with Crippen LogP contribution >= 0.6 is 0 Å². The number of ether oxygens (including phenoxy) is 1. The molecule has 0 aliphatic carbocycles. The van der Waals surface area contributed by atoms with Gasteiger partial charge < -0.3 is 19.5 Å². The number of hydrogen-bond donors (Lipinski definition) is 3. The fourth-order valence-electron chi connectivity index (χ4n) is 4.62. The van der Waals surface area contributed by atoms with Crippen molar-refractivity contribution in [1.82, 2.24) is 15.0 Å².